The molecule has 0 aliphatic rings. The Morgan fingerprint density at radius 2 is 1.89 bits per heavy atom. The molecular formula is C14H13AlO2S+2. The summed E-state index contributed by atoms with van der Waals surface area (Å²) in [6.07, 6.45) is 0.323. The first kappa shape index (κ1) is 13.4. The maximum absolute atomic E-state index is 11.5. The molecule has 18 heavy (non-hydrogen) atoms. The SMILES string of the molecule is Cc1sc(C)c(-c2ccccc2)c1CC(=O)[O][Al+2]. The molecule has 1 aromatic carbocycles. The van der Waals surface area contributed by atoms with E-state index in [2.05, 4.69) is 26.0 Å². The van der Waals surface area contributed by atoms with Gasteiger partial charge >= 0.3 is 120 Å². The molecular weight excluding hydrogens is 259 g/mol. The van der Waals surface area contributed by atoms with Crippen LogP contribution in [0.5, 0.6) is 0 Å². The third-order valence-corrected chi connectivity index (χ3v) is 4.23. The molecule has 0 atom stereocenters. The van der Waals surface area contributed by atoms with Crippen molar-refractivity contribution in [1.82, 2.24) is 0 Å². The summed E-state index contributed by atoms with van der Waals surface area (Å²) in [5.41, 5.74) is 3.41. The van der Waals surface area contributed by atoms with Crippen LogP contribution in [0.2, 0.25) is 0 Å². The first-order valence-corrected chi connectivity index (χ1v) is 6.96. The molecule has 1 aromatic heterocycles. The summed E-state index contributed by atoms with van der Waals surface area (Å²) in [6.45, 7) is 4.14. The summed E-state index contributed by atoms with van der Waals surface area (Å²) < 4.78 is 4.69. The van der Waals surface area contributed by atoms with Crippen molar-refractivity contribution in [2.75, 3.05) is 0 Å². The van der Waals surface area contributed by atoms with Gasteiger partial charge in [-0.25, -0.2) is 0 Å². The van der Waals surface area contributed by atoms with Gasteiger partial charge < -0.3 is 0 Å². The van der Waals surface area contributed by atoms with E-state index in [-0.39, 0.29) is 5.97 Å². The van der Waals surface area contributed by atoms with Gasteiger partial charge in [-0.1, -0.05) is 0 Å². The third kappa shape index (κ3) is 2.67. The second-order valence-electron chi connectivity index (χ2n) is 4.10. The molecule has 0 saturated carbocycles. The summed E-state index contributed by atoms with van der Waals surface area (Å²) in [5, 5.41) is 0. The Kier molecular flexibility index (Phi) is 4.24. The van der Waals surface area contributed by atoms with E-state index in [1.165, 1.54) is 15.3 Å². The fraction of sp³-hybridized carbons (Fsp3) is 0.214. The topological polar surface area (TPSA) is 26.3 Å². The van der Waals surface area contributed by atoms with Crippen LogP contribution in [-0.4, -0.2) is 22.6 Å². The summed E-state index contributed by atoms with van der Waals surface area (Å²) in [6, 6.07) is 10.2. The monoisotopic (exact) mass is 272 g/mol. The summed E-state index contributed by atoms with van der Waals surface area (Å²) >= 11 is 3.74. The van der Waals surface area contributed by atoms with Crippen LogP contribution in [0.4, 0.5) is 0 Å². The molecule has 0 radical (unpaired) electrons. The van der Waals surface area contributed by atoms with Gasteiger partial charge in [0.1, 0.15) is 0 Å². The standard InChI is InChI=1S/C14H14O2S.Al/c1-9-12(8-13(15)16)14(10(2)17-9)11-6-4-3-5-7-11;/h3-7H,8H2,1-2H3,(H,15,16);/q;+3/p-1. The maximum atomic E-state index is 11.5. The zero-order valence-electron chi connectivity index (χ0n) is 10.4. The molecule has 0 aliphatic heterocycles. The minimum absolute atomic E-state index is 0.224. The summed E-state index contributed by atoms with van der Waals surface area (Å²) in [5.74, 6) is -0.224. The normalized spacial score (nSPS) is 10.4. The number of benzene rings is 1. The molecule has 0 fully saturated rings. The van der Waals surface area contributed by atoms with Crippen molar-refractivity contribution < 1.29 is 8.58 Å². The van der Waals surface area contributed by atoms with Crippen LogP contribution in [0.1, 0.15) is 15.3 Å². The van der Waals surface area contributed by atoms with Crippen LogP contribution in [-0.2, 0) is 15.0 Å². The molecule has 0 bridgehead atoms. The van der Waals surface area contributed by atoms with Gasteiger partial charge in [-0.3, -0.25) is 0 Å². The molecule has 0 N–H and O–H groups in total. The molecule has 0 unspecified atom stereocenters. The second kappa shape index (κ2) is 5.71. The van der Waals surface area contributed by atoms with Gasteiger partial charge in [-0.15, -0.1) is 0 Å². The van der Waals surface area contributed by atoms with Gasteiger partial charge in [0.25, 0.3) is 0 Å². The van der Waals surface area contributed by atoms with Gasteiger partial charge in [-0.2, -0.15) is 0 Å². The van der Waals surface area contributed by atoms with Crippen LogP contribution < -0.4 is 0 Å². The molecule has 0 aliphatic carbocycles. The van der Waals surface area contributed by atoms with Crippen molar-refractivity contribution in [3.05, 3.63) is 45.6 Å². The molecule has 1 heterocycles. The van der Waals surface area contributed by atoms with Gasteiger partial charge in [0, 0.05) is 0 Å². The average molecular weight is 272 g/mol. The van der Waals surface area contributed by atoms with E-state index in [0.717, 1.165) is 11.1 Å². The van der Waals surface area contributed by atoms with Crippen LogP contribution >= 0.6 is 11.3 Å². The fourth-order valence-corrected chi connectivity index (χ4v) is 3.30. The first-order valence-electron chi connectivity index (χ1n) is 5.67. The number of carbonyl (C=O) groups excluding carboxylic acids is 1. The van der Waals surface area contributed by atoms with E-state index < -0.39 is 0 Å². The van der Waals surface area contributed by atoms with Gasteiger partial charge in [0.15, 0.2) is 0 Å². The fourth-order valence-electron chi connectivity index (χ4n) is 2.11. The van der Waals surface area contributed by atoms with Crippen molar-refractivity contribution in [1.29, 1.82) is 0 Å². The van der Waals surface area contributed by atoms with Crippen molar-refractivity contribution in [2.24, 2.45) is 0 Å². The molecule has 2 aromatic rings. The zero-order valence-corrected chi connectivity index (χ0v) is 12.4. The Morgan fingerprint density at radius 1 is 1.22 bits per heavy atom. The van der Waals surface area contributed by atoms with E-state index in [1.54, 1.807) is 11.3 Å². The first-order chi connectivity index (χ1) is 8.63. The Morgan fingerprint density at radius 3 is 2.50 bits per heavy atom. The third-order valence-electron chi connectivity index (χ3n) is 2.90. The number of aryl methyl sites for hydroxylation is 2. The molecule has 2 nitrogen and oxygen atoms in total. The van der Waals surface area contributed by atoms with Crippen molar-refractivity contribution in [2.45, 2.75) is 20.3 Å². The van der Waals surface area contributed by atoms with E-state index in [9.17, 15) is 4.79 Å². The number of thiophene rings is 1. The van der Waals surface area contributed by atoms with Crippen molar-refractivity contribution in [3.63, 3.8) is 0 Å². The molecule has 0 spiro atoms. The van der Waals surface area contributed by atoms with Crippen LogP contribution in [0.25, 0.3) is 11.1 Å². The van der Waals surface area contributed by atoms with Gasteiger partial charge in [0.05, 0.1) is 0 Å². The predicted molar refractivity (Wildman–Crippen MR) is 74.8 cm³/mol. The summed E-state index contributed by atoms with van der Waals surface area (Å²) in [7, 11) is 0. The van der Waals surface area contributed by atoms with Gasteiger partial charge in [0.2, 0.25) is 0 Å². The molecule has 0 amide bonds. The number of hydrogen-bond donors (Lipinski definition) is 0. The number of carbonyl (C=O) groups is 1. The Bertz CT molecular complexity index is 561. The number of hydrogen-bond acceptors (Lipinski definition) is 3. The minimum atomic E-state index is -0.224. The predicted octanol–water partition coefficient (Wildman–Crippen LogP) is 3.20. The zero-order chi connectivity index (χ0) is 13.1. The van der Waals surface area contributed by atoms with Crippen LogP contribution in [0.3, 0.4) is 0 Å². The second-order valence-corrected chi connectivity index (χ2v) is 5.77. The Hall–Kier alpha value is -1.08. The Balaban J connectivity index is 2.50. The van der Waals surface area contributed by atoms with E-state index >= 15 is 0 Å². The summed E-state index contributed by atoms with van der Waals surface area (Å²) in [4.78, 5) is 13.9. The van der Waals surface area contributed by atoms with Crippen molar-refractivity contribution in [3.8, 4) is 11.1 Å². The Labute approximate surface area is 119 Å². The molecule has 0 saturated heterocycles. The van der Waals surface area contributed by atoms with Crippen LogP contribution in [0.15, 0.2) is 30.3 Å². The molecule has 2 rings (SSSR count). The molecule has 88 valence electrons. The van der Waals surface area contributed by atoms with E-state index in [0.29, 0.717) is 6.42 Å². The van der Waals surface area contributed by atoms with Crippen molar-refractivity contribution >= 4 is 33.9 Å². The van der Waals surface area contributed by atoms with E-state index in [4.69, 9.17) is 3.79 Å². The van der Waals surface area contributed by atoms with E-state index in [1.807, 2.05) is 34.8 Å². The average Bonchev–Trinajstić information content (AvgIpc) is 2.65. The quantitative estimate of drug-likeness (QED) is 0.802. The molecule has 4 heteroatoms. The number of rotatable bonds is 3. The van der Waals surface area contributed by atoms with Crippen LogP contribution in [0, 0.1) is 13.8 Å². The van der Waals surface area contributed by atoms with Gasteiger partial charge in [-0.05, 0) is 0 Å².